The fourth-order valence-corrected chi connectivity index (χ4v) is 3.75. The van der Waals surface area contributed by atoms with E-state index in [4.69, 9.17) is 5.41 Å². The lowest BCUT2D eigenvalue weighted by Crippen LogP contribution is -2.43. The van der Waals surface area contributed by atoms with Gasteiger partial charge in [-0.05, 0) is 24.0 Å². The average molecular weight is 363 g/mol. The SMILES string of the molecule is CC1CC(c2ccc(C=N)c3ncccc23)CN(C(=O)CC(F)(F)F)C1. The first-order valence-electron chi connectivity index (χ1n) is 8.51. The summed E-state index contributed by atoms with van der Waals surface area (Å²) in [6.45, 7) is 2.57. The summed E-state index contributed by atoms with van der Waals surface area (Å²) in [5, 5.41) is 8.41. The Morgan fingerprint density at radius 3 is 2.81 bits per heavy atom. The third-order valence-corrected chi connectivity index (χ3v) is 4.79. The van der Waals surface area contributed by atoms with Gasteiger partial charge in [-0.3, -0.25) is 9.78 Å². The van der Waals surface area contributed by atoms with Gasteiger partial charge in [0.2, 0.25) is 5.91 Å². The number of halogens is 3. The number of pyridine rings is 1. The van der Waals surface area contributed by atoms with Crippen molar-refractivity contribution in [2.45, 2.75) is 31.9 Å². The summed E-state index contributed by atoms with van der Waals surface area (Å²) in [6, 6.07) is 7.42. The number of piperidine rings is 1. The first kappa shape index (κ1) is 18.4. The zero-order valence-corrected chi connectivity index (χ0v) is 14.4. The Bertz CT molecular complexity index is 834. The van der Waals surface area contributed by atoms with Crippen LogP contribution < -0.4 is 0 Å². The number of amides is 1. The van der Waals surface area contributed by atoms with Gasteiger partial charge in [-0.1, -0.05) is 25.1 Å². The fraction of sp³-hybridized carbons (Fsp3) is 0.421. The van der Waals surface area contributed by atoms with Gasteiger partial charge in [0.25, 0.3) is 0 Å². The van der Waals surface area contributed by atoms with E-state index in [0.29, 0.717) is 17.6 Å². The van der Waals surface area contributed by atoms with Crippen molar-refractivity contribution in [3.8, 4) is 0 Å². The minimum absolute atomic E-state index is 0.0533. The summed E-state index contributed by atoms with van der Waals surface area (Å²) in [5.41, 5.74) is 2.36. The van der Waals surface area contributed by atoms with Crippen molar-refractivity contribution in [1.82, 2.24) is 9.88 Å². The minimum atomic E-state index is -4.49. The van der Waals surface area contributed by atoms with E-state index in [1.165, 1.54) is 11.1 Å². The molecule has 0 radical (unpaired) electrons. The van der Waals surface area contributed by atoms with Crippen LogP contribution in [0, 0.1) is 11.3 Å². The molecule has 1 N–H and O–H groups in total. The van der Waals surface area contributed by atoms with Crippen molar-refractivity contribution in [2.75, 3.05) is 13.1 Å². The second-order valence-electron chi connectivity index (χ2n) is 6.92. The predicted molar refractivity (Wildman–Crippen MR) is 93.4 cm³/mol. The van der Waals surface area contributed by atoms with Crippen molar-refractivity contribution < 1.29 is 18.0 Å². The molecular weight excluding hydrogens is 343 g/mol. The molecule has 1 saturated heterocycles. The van der Waals surface area contributed by atoms with E-state index in [-0.39, 0.29) is 18.4 Å². The van der Waals surface area contributed by atoms with Gasteiger partial charge < -0.3 is 10.3 Å². The van der Waals surface area contributed by atoms with E-state index in [9.17, 15) is 18.0 Å². The number of carbonyl (C=O) groups excluding carboxylic acids is 1. The van der Waals surface area contributed by atoms with Crippen LogP contribution >= 0.6 is 0 Å². The topological polar surface area (TPSA) is 57.1 Å². The quantitative estimate of drug-likeness (QED) is 0.834. The van der Waals surface area contributed by atoms with Crippen LogP contribution in [0.2, 0.25) is 0 Å². The van der Waals surface area contributed by atoms with Gasteiger partial charge in [-0.2, -0.15) is 13.2 Å². The van der Waals surface area contributed by atoms with Crippen molar-refractivity contribution >= 4 is 23.0 Å². The van der Waals surface area contributed by atoms with Gasteiger partial charge in [-0.15, -0.1) is 0 Å². The molecule has 1 amide bonds. The molecule has 2 heterocycles. The number of nitrogens with one attached hydrogen (secondary N) is 1. The number of carbonyl (C=O) groups is 1. The molecule has 1 aromatic heterocycles. The van der Waals surface area contributed by atoms with E-state index in [1.807, 2.05) is 19.1 Å². The molecule has 0 spiro atoms. The number of fused-ring (bicyclic) bond motifs is 1. The van der Waals surface area contributed by atoms with E-state index >= 15 is 0 Å². The number of hydrogen-bond donors (Lipinski definition) is 1. The minimum Gasteiger partial charge on any atom is -0.342 e. The van der Waals surface area contributed by atoms with E-state index in [2.05, 4.69) is 4.98 Å². The Hall–Kier alpha value is -2.44. The third kappa shape index (κ3) is 3.86. The average Bonchev–Trinajstić information content (AvgIpc) is 2.58. The summed E-state index contributed by atoms with van der Waals surface area (Å²) in [7, 11) is 0. The largest absolute Gasteiger partial charge is 0.397 e. The van der Waals surface area contributed by atoms with Crippen molar-refractivity contribution in [3.63, 3.8) is 0 Å². The maximum atomic E-state index is 12.6. The Morgan fingerprint density at radius 1 is 1.35 bits per heavy atom. The maximum absolute atomic E-state index is 12.6. The number of likely N-dealkylation sites (tertiary alicyclic amines) is 1. The molecule has 0 saturated carbocycles. The molecule has 3 rings (SSSR count). The second kappa shape index (κ2) is 7.05. The normalized spacial score (nSPS) is 21.0. The molecule has 7 heteroatoms. The molecule has 2 aromatic rings. The smallest absolute Gasteiger partial charge is 0.342 e. The van der Waals surface area contributed by atoms with Crippen molar-refractivity contribution in [2.24, 2.45) is 5.92 Å². The van der Waals surface area contributed by atoms with Crippen LogP contribution in [-0.4, -0.2) is 41.3 Å². The standard InChI is InChI=1S/C19H20F3N3O/c1-12-7-14(11-25(10-12)17(26)8-19(20,21)22)15-5-4-13(9-23)18-16(15)3-2-6-24-18/h2-6,9,12,14,23H,7-8,10-11H2,1H3. The fourth-order valence-electron chi connectivity index (χ4n) is 3.75. The van der Waals surface area contributed by atoms with Crippen LogP contribution in [0.15, 0.2) is 30.5 Å². The molecule has 0 bridgehead atoms. The molecule has 26 heavy (non-hydrogen) atoms. The molecule has 1 aliphatic rings. The molecular formula is C19H20F3N3O. The number of hydrogen-bond acceptors (Lipinski definition) is 3. The monoisotopic (exact) mass is 363 g/mol. The molecule has 2 unspecified atom stereocenters. The van der Waals surface area contributed by atoms with Gasteiger partial charge >= 0.3 is 6.18 Å². The highest BCUT2D eigenvalue weighted by atomic mass is 19.4. The first-order valence-corrected chi connectivity index (χ1v) is 8.51. The molecule has 1 fully saturated rings. The summed E-state index contributed by atoms with van der Waals surface area (Å²) in [5.74, 6) is -0.810. The van der Waals surface area contributed by atoms with Gasteiger partial charge in [0.1, 0.15) is 6.42 Å². The summed E-state index contributed by atoms with van der Waals surface area (Å²) in [6.07, 6.45) is -2.22. The highest BCUT2D eigenvalue weighted by Gasteiger charge is 2.36. The van der Waals surface area contributed by atoms with Crippen LogP contribution in [0.4, 0.5) is 13.2 Å². The van der Waals surface area contributed by atoms with Crippen LogP contribution in [0.25, 0.3) is 10.9 Å². The Morgan fingerprint density at radius 2 is 2.12 bits per heavy atom. The van der Waals surface area contributed by atoms with E-state index in [1.54, 1.807) is 18.3 Å². The Kier molecular flexibility index (Phi) is 4.98. The van der Waals surface area contributed by atoms with Crippen molar-refractivity contribution in [1.29, 1.82) is 5.41 Å². The summed E-state index contributed by atoms with van der Waals surface area (Å²) in [4.78, 5) is 17.7. The zero-order chi connectivity index (χ0) is 18.9. The predicted octanol–water partition coefficient (Wildman–Crippen LogP) is 4.14. The third-order valence-electron chi connectivity index (χ3n) is 4.79. The second-order valence-corrected chi connectivity index (χ2v) is 6.92. The molecule has 138 valence electrons. The van der Waals surface area contributed by atoms with Gasteiger partial charge in [0.05, 0.1) is 5.52 Å². The lowest BCUT2D eigenvalue weighted by molar-refractivity contribution is -0.162. The summed E-state index contributed by atoms with van der Waals surface area (Å²) >= 11 is 0. The van der Waals surface area contributed by atoms with E-state index in [0.717, 1.165) is 17.4 Å². The Labute approximate surface area is 149 Å². The van der Waals surface area contributed by atoms with Gasteiger partial charge in [-0.25, -0.2) is 0 Å². The molecule has 2 atom stereocenters. The lowest BCUT2D eigenvalue weighted by atomic mass is 9.83. The molecule has 1 aliphatic heterocycles. The zero-order valence-electron chi connectivity index (χ0n) is 14.4. The Balaban J connectivity index is 1.93. The highest BCUT2D eigenvalue weighted by molar-refractivity contribution is 5.98. The van der Waals surface area contributed by atoms with Crippen LogP contribution in [0.5, 0.6) is 0 Å². The van der Waals surface area contributed by atoms with Crippen LogP contribution in [0.1, 0.15) is 36.8 Å². The highest BCUT2D eigenvalue weighted by Crippen LogP contribution is 2.35. The van der Waals surface area contributed by atoms with Crippen LogP contribution in [-0.2, 0) is 4.79 Å². The molecule has 0 aliphatic carbocycles. The number of rotatable bonds is 3. The first-order chi connectivity index (χ1) is 12.3. The lowest BCUT2D eigenvalue weighted by Gasteiger charge is -2.37. The van der Waals surface area contributed by atoms with Gasteiger partial charge in [0, 0.05) is 42.4 Å². The maximum Gasteiger partial charge on any atom is 0.397 e. The number of alkyl halides is 3. The summed E-state index contributed by atoms with van der Waals surface area (Å²) < 4.78 is 37.8. The number of nitrogens with zero attached hydrogens (tertiary/aromatic N) is 2. The van der Waals surface area contributed by atoms with E-state index < -0.39 is 18.5 Å². The number of benzene rings is 1. The molecule has 4 nitrogen and oxygen atoms in total. The number of aromatic nitrogens is 1. The van der Waals surface area contributed by atoms with Crippen LogP contribution in [0.3, 0.4) is 0 Å². The molecule has 1 aromatic carbocycles. The van der Waals surface area contributed by atoms with Gasteiger partial charge in [0.15, 0.2) is 0 Å². The van der Waals surface area contributed by atoms with Crippen molar-refractivity contribution in [3.05, 3.63) is 41.6 Å².